The molecule has 0 heterocycles. The highest BCUT2D eigenvalue weighted by atomic mass is 16.2. The molecule has 2 amide bonds. The predicted molar refractivity (Wildman–Crippen MR) is 104 cm³/mol. The minimum atomic E-state index is -0.117. The van der Waals surface area contributed by atoms with E-state index in [1.165, 1.54) is 12.5 Å². The third-order valence-corrected chi connectivity index (χ3v) is 4.70. The molecule has 0 saturated heterocycles. The number of hydrogen-bond donors (Lipinski definition) is 1. The maximum Gasteiger partial charge on any atom is 0.254 e. The number of anilines is 1. The summed E-state index contributed by atoms with van der Waals surface area (Å²) in [7, 11) is 0. The summed E-state index contributed by atoms with van der Waals surface area (Å²) in [4.78, 5) is 26.1. The van der Waals surface area contributed by atoms with E-state index in [-0.39, 0.29) is 11.8 Å². The Labute approximate surface area is 155 Å². The van der Waals surface area contributed by atoms with Crippen molar-refractivity contribution in [2.75, 3.05) is 5.32 Å². The van der Waals surface area contributed by atoms with Crippen molar-refractivity contribution >= 4 is 17.5 Å². The van der Waals surface area contributed by atoms with Crippen molar-refractivity contribution in [1.82, 2.24) is 4.90 Å². The fourth-order valence-electron chi connectivity index (χ4n) is 3.02. The van der Waals surface area contributed by atoms with Crippen LogP contribution in [0, 0.1) is 0 Å². The molecule has 3 rings (SSSR count). The molecule has 0 radical (unpaired) electrons. The number of nitrogens with zero attached hydrogens (tertiary/aromatic N) is 1. The molecule has 26 heavy (non-hydrogen) atoms. The van der Waals surface area contributed by atoms with Gasteiger partial charge in [-0.3, -0.25) is 9.59 Å². The molecule has 1 aliphatic carbocycles. The molecule has 0 aromatic heterocycles. The topological polar surface area (TPSA) is 49.4 Å². The second kappa shape index (κ2) is 7.73. The van der Waals surface area contributed by atoms with E-state index in [4.69, 9.17) is 0 Å². The molecule has 0 atom stereocenters. The second-order valence-electron chi connectivity index (χ2n) is 7.32. The van der Waals surface area contributed by atoms with Gasteiger partial charge in [0.1, 0.15) is 0 Å². The first-order valence-corrected chi connectivity index (χ1v) is 9.21. The van der Waals surface area contributed by atoms with Crippen molar-refractivity contribution in [3.8, 4) is 0 Å². The van der Waals surface area contributed by atoms with Crippen LogP contribution in [0.25, 0.3) is 0 Å². The van der Waals surface area contributed by atoms with Gasteiger partial charge >= 0.3 is 0 Å². The molecule has 2 aromatic carbocycles. The zero-order valence-electron chi connectivity index (χ0n) is 15.7. The predicted octanol–water partition coefficient (Wildman–Crippen LogP) is 4.57. The van der Waals surface area contributed by atoms with Crippen LogP contribution in [0.5, 0.6) is 0 Å². The van der Waals surface area contributed by atoms with Gasteiger partial charge in [-0.05, 0) is 54.2 Å². The zero-order chi connectivity index (χ0) is 18.7. The van der Waals surface area contributed by atoms with Crippen LogP contribution in [0.15, 0.2) is 48.5 Å². The quantitative estimate of drug-likeness (QED) is 0.829. The van der Waals surface area contributed by atoms with Gasteiger partial charge in [-0.1, -0.05) is 38.1 Å². The molecule has 4 nitrogen and oxygen atoms in total. The summed E-state index contributed by atoms with van der Waals surface area (Å²) >= 11 is 0. The lowest BCUT2D eigenvalue weighted by atomic mass is 10.0. The van der Waals surface area contributed by atoms with E-state index in [9.17, 15) is 9.59 Å². The molecule has 0 aliphatic heterocycles. The maximum atomic E-state index is 13.0. The molecule has 0 unspecified atom stereocenters. The van der Waals surface area contributed by atoms with Gasteiger partial charge in [0.15, 0.2) is 0 Å². The van der Waals surface area contributed by atoms with E-state index in [0.717, 1.165) is 18.4 Å². The van der Waals surface area contributed by atoms with E-state index in [1.807, 2.05) is 4.90 Å². The Balaban J connectivity index is 1.73. The molecule has 1 saturated carbocycles. The van der Waals surface area contributed by atoms with Crippen LogP contribution in [0.1, 0.15) is 61.0 Å². The summed E-state index contributed by atoms with van der Waals surface area (Å²) in [5, 5.41) is 2.73. The summed E-state index contributed by atoms with van der Waals surface area (Å²) in [6, 6.07) is 16.0. The number of benzene rings is 2. The van der Waals surface area contributed by atoms with Crippen LogP contribution in [0.2, 0.25) is 0 Å². The third kappa shape index (κ3) is 4.51. The molecule has 0 spiro atoms. The Hall–Kier alpha value is -2.62. The first kappa shape index (κ1) is 18.2. The maximum absolute atomic E-state index is 13.0. The van der Waals surface area contributed by atoms with Crippen LogP contribution in [0.4, 0.5) is 5.69 Å². The van der Waals surface area contributed by atoms with Gasteiger partial charge in [0.25, 0.3) is 5.91 Å². The Morgan fingerprint density at radius 3 is 2.15 bits per heavy atom. The van der Waals surface area contributed by atoms with Crippen molar-refractivity contribution in [3.05, 3.63) is 65.2 Å². The van der Waals surface area contributed by atoms with Gasteiger partial charge in [0, 0.05) is 30.8 Å². The molecule has 0 bridgehead atoms. The van der Waals surface area contributed by atoms with Crippen molar-refractivity contribution in [2.45, 2.75) is 52.1 Å². The highest BCUT2D eigenvalue weighted by Crippen LogP contribution is 2.30. The van der Waals surface area contributed by atoms with Crippen LogP contribution in [0.3, 0.4) is 0 Å². The number of hydrogen-bond acceptors (Lipinski definition) is 2. The van der Waals surface area contributed by atoms with Gasteiger partial charge in [-0.2, -0.15) is 0 Å². The SMILES string of the molecule is CC(=O)Nc1ccc(C(=O)N(Cc2ccc(C(C)C)cc2)C2CC2)cc1. The van der Waals surface area contributed by atoms with Crippen LogP contribution >= 0.6 is 0 Å². The number of carbonyl (C=O) groups excluding carboxylic acids is 2. The molecule has 2 aromatic rings. The first-order valence-electron chi connectivity index (χ1n) is 9.21. The van der Waals surface area contributed by atoms with E-state index in [1.54, 1.807) is 24.3 Å². The largest absolute Gasteiger partial charge is 0.331 e. The molecule has 1 aliphatic rings. The summed E-state index contributed by atoms with van der Waals surface area (Å²) in [6.07, 6.45) is 2.14. The Bertz CT molecular complexity index is 775. The smallest absolute Gasteiger partial charge is 0.254 e. The van der Waals surface area contributed by atoms with Gasteiger partial charge in [0.05, 0.1) is 0 Å². The lowest BCUT2D eigenvalue weighted by Gasteiger charge is -2.23. The summed E-state index contributed by atoms with van der Waals surface area (Å²) < 4.78 is 0. The van der Waals surface area contributed by atoms with Crippen molar-refractivity contribution < 1.29 is 9.59 Å². The highest BCUT2D eigenvalue weighted by molar-refractivity contribution is 5.95. The lowest BCUT2D eigenvalue weighted by Crippen LogP contribution is -2.32. The standard InChI is InChI=1S/C22H26N2O2/c1-15(2)18-6-4-17(5-7-18)14-24(21-12-13-21)22(26)19-8-10-20(11-9-19)23-16(3)25/h4-11,15,21H,12-14H2,1-3H3,(H,23,25). The van der Waals surface area contributed by atoms with Gasteiger partial charge in [-0.15, -0.1) is 0 Å². The van der Waals surface area contributed by atoms with Gasteiger partial charge in [0.2, 0.25) is 5.91 Å². The van der Waals surface area contributed by atoms with Crippen LogP contribution in [-0.4, -0.2) is 22.8 Å². The molecular formula is C22H26N2O2. The Kier molecular flexibility index (Phi) is 5.40. The lowest BCUT2D eigenvalue weighted by molar-refractivity contribution is -0.114. The average Bonchev–Trinajstić information content (AvgIpc) is 3.44. The number of nitrogens with one attached hydrogen (secondary N) is 1. The van der Waals surface area contributed by atoms with Crippen molar-refractivity contribution in [2.24, 2.45) is 0 Å². The Morgan fingerprint density at radius 2 is 1.65 bits per heavy atom. The zero-order valence-corrected chi connectivity index (χ0v) is 15.7. The normalized spacial score (nSPS) is 13.5. The molecule has 1 N–H and O–H groups in total. The minimum Gasteiger partial charge on any atom is -0.331 e. The minimum absolute atomic E-state index is 0.0508. The molecule has 4 heteroatoms. The van der Waals surface area contributed by atoms with E-state index < -0.39 is 0 Å². The fraction of sp³-hybridized carbons (Fsp3) is 0.364. The van der Waals surface area contributed by atoms with E-state index >= 15 is 0 Å². The Morgan fingerprint density at radius 1 is 1.04 bits per heavy atom. The first-order chi connectivity index (χ1) is 12.4. The summed E-state index contributed by atoms with van der Waals surface area (Å²) in [6.45, 7) is 6.47. The highest BCUT2D eigenvalue weighted by Gasteiger charge is 2.33. The van der Waals surface area contributed by atoms with E-state index in [0.29, 0.717) is 29.8 Å². The van der Waals surface area contributed by atoms with Gasteiger partial charge < -0.3 is 10.2 Å². The fourth-order valence-corrected chi connectivity index (χ4v) is 3.02. The van der Waals surface area contributed by atoms with Crippen LogP contribution in [-0.2, 0) is 11.3 Å². The number of rotatable bonds is 6. The molecule has 1 fully saturated rings. The second-order valence-corrected chi connectivity index (χ2v) is 7.32. The summed E-state index contributed by atoms with van der Waals surface area (Å²) in [5.74, 6) is 0.440. The number of carbonyl (C=O) groups is 2. The monoisotopic (exact) mass is 350 g/mol. The van der Waals surface area contributed by atoms with E-state index in [2.05, 4.69) is 43.4 Å². The van der Waals surface area contributed by atoms with Crippen LogP contribution < -0.4 is 5.32 Å². The van der Waals surface area contributed by atoms with Crippen molar-refractivity contribution in [3.63, 3.8) is 0 Å². The summed E-state index contributed by atoms with van der Waals surface area (Å²) in [5.41, 5.74) is 3.83. The molecule has 136 valence electrons. The average molecular weight is 350 g/mol. The molecular weight excluding hydrogens is 324 g/mol. The van der Waals surface area contributed by atoms with Crippen molar-refractivity contribution in [1.29, 1.82) is 0 Å². The van der Waals surface area contributed by atoms with Gasteiger partial charge in [-0.25, -0.2) is 0 Å². The third-order valence-electron chi connectivity index (χ3n) is 4.70. The number of amides is 2.